The summed E-state index contributed by atoms with van der Waals surface area (Å²) in [5.41, 5.74) is 8.99. The van der Waals surface area contributed by atoms with Gasteiger partial charge in [-0.25, -0.2) is 0 Å². The molecule has 0 saturated carbocycles. The summed E-state index contributed by atoms with van der Waals surface area (Å²) >= 11 is 1.46. The Morgan fingerprint density at radius 2 is 1.76 bits per heavy atom. The van der Waals surface area contributed by atoms with E-state index in [4.69, 9.17) is 0 Å². The molecular formula is C19H15N3O2S. The van der Waals surface area contributed by atoms with E-state index >= 15 is 0 Å². The highest BCUT2D eigenvalue weighted by Crippen LogP contribution is 2.39. The van der Waals surface area contributed by atoms with Gasteiger partial charge < -0.3 is 0 Å². The third kappa shape index (κ3) is 3.04. The van der Waals surface area contributed by atoms with Crippen molar-refractivity contribution in [2.24, 2.45) is 0 Å². The van der Waals surface area contributed by atoms with Gasteiger partial charge >= 0.3 is 0 Å². The summed E-state index contributed by atoms with van der Waals surface area (Å²) in [6.07, 6.45) is 4.95. The number of pyridine rings is 1. The maximum absolute atomic E-state index is 12.4. The van der Waals surface area contributed by atoms with Gasteiger partial charge in [0.05, 0.1) is 10.4 Å². The van der Waals surface area contributed by atoms with E-state index in [1.54, 1.807) is 18.3 Å². The molecule has 0 fully saturated rings. The van der Waals surface area contributed by atoms with E-state index < -0.39 is 5.91 Å². The highest BCUT2D eigenvalue weighted by Gasteiger charge is 2.21. The number of hydrazine groups is 1. The van der Waals surface area contributed by atoms with Crippen molar-refractivity contribution in [3.8, 4) is 10.4 Å². The summed E-state index contributed by atoms with van der Waals surface area (Å²) in [6, 6.07) is 13.5. The zero-order valence-corrected chi connectivity index (χ0v) is 14.1. The number of nitrogens with one attached hydrogen (secondary N) is 2. The topological polar surface area (TPSA) is 71.1 Å². The predicted molar refractivity (Wildman–Crippen MR) is 96.3 cm³/mol. The normalized spacial score (nSPS) is 12.0. The Bertz CT molecular complexity index is 950. The second-order valence-corrected chi connectivity index (χ2v) is 6.82. The molecule has 6 heteroatoms. The number of hydrogen-bond donors (Lipinski definition) is 2. The number of aromatic nitrogens is 1. The fraction of sp³-hybridized carbons (Fsp3) is 0.105. The number of fused-ring (bicyclic) bond motifs is 3. The van der Waals surface area contributed by atoms with Gasteiger partial charge in [0.25, 0.3) is 11.8 Å². The van der Waals surface area contributed by atoms with Crippen LogP contribution < -0.4 is 10.9 Å². The first kappa shape index (κ1) is 15.5. The largest absolute Gasteiger partial charge is 0.279 e. The van der Waals surface area contributed by atoms with Crippen LogP contribution in [-0.4, -0.2) is 16.8 Å². The van der Waals surface area contributed by atoms with Crippen LogP contribution in [0, 0.1) is 0 Å². The number of thiophene rings is 1. The van der Waals surface area contributed by atoms with Gasteiger partial charge in [0.1, 0.15) is 0 Å². The number of carbonyl (C=O) groups excluding carboxylic acids is 2. The fourth-order valence-electron chi connectivity index (χ4n) is 2.93. The van der Waals surface area contributed by atoms with E-state index in [1.165, 1.54) is 34.2 Å². The van der Waals surface area contributed by atoms with E-state index in [0.29, 0.717) is 10.4 Å². The highest BCUT2D eigenvalue weighted by atomic mass is 32.1. The first-order valence-electron chi connectivity index (χ1n) is 7.94. The minimum atomic E-state index is -0.395. The lowest BCUT2D eigenvalue weighted by molar-refractivity contribution is 0.0848. The molecule has 0 unspecified atom stereocenters. The SMILES string of the molecule is O=C(NNC(=O)c1cc2c(s1)-c1ccccc1CC2)c1cccnc1. The summed E-state index contributed by atoms with van der Waals surface area (Å²) in [4.78, 5) is 30.0. The van der Waals surface area contributed by atoms with Gasteiger partial charge in [-0.05, 0) is 47.7 Å². The summed E-state index contributed by atoms with van der Waals surface area (Å²) in [5.74, 6) is -0.706. The predicted octanol–water partition coefficient (Wildman–Crippen LogP) is 2.98. The van der Waals surface area contributed by atoms with Crippen molar-refractivity contribution in [3.05, 3.63) is 76.4 Å². The van der Waals surface area contributed by atoms with Crippen LogP contribution in [0.3, 0.4) is 0 Å². The molecule has 0 spiro atoms. The third-order valence-corrected chi connectivity index (χ3v) is 5.38. The van der Waals surface area contributed by atoms with Crippen molar-refractivity contribution < 1.29 is 9.59 Å². The summed E-state index contributed by atoms with van der Waals surface area (Å²) in [7, 11) is 0. The molecule has 0 aliphatic heterocycles. The van der Waals surface area contributed by atoms with Crippen molar-refractivity contribution in [2.45, 2.75) is 12.8 Å². The number of benzene rings is 1. The van der Waals surface area contributed by atoms with Crippen molar-refractivity contribution in [1.29, 1.82) is 0 Å². The molecule has 5 nitrogen and oxygen atoms in total. The summed E-state index contributed by atoms with van der Waals surface area (Å²) in [5, 5.41) is 0. The third-order valence-electron chi connectivity index (χ3n) is 4.17. The Morgan fingerprint density at radius 3 is 2.60 bits per heavy atom. The Balaban J connectivity index is 1.49. The minimum absolute atomic E-state index is 0.311. The van der Waals surface area contributed by atoms with Crippen LogP contribution in [-0.2, 0) is 12.8 Å². The molecule has 25 heavy (non-hydrogen) atoms. The molecule has 2 amide bonds. The van der Waals surface area contributed by atoms with Gasteiger partial charge in [-0.1, -0.05) is 24.3 Å². The average molecular weight is 349 g/mol. The monoisotopic (exact) mass is 349 g/mol. The Morgan fingerprint density at radius 1 is 0.960 bits per heavy atom. The fourth-order valence-corrected chi connectivity index (χ4v) is 4.09. The van der Waals surface area contributed by atoms with Crippen molar-refractivity contribution in [3.63, 3.8) is 0 Å². The van der Waals surface area contributed by atoms with Crippen LogP contribution in [0.2, 0.25) is 0 Å². The molecular weight excluding hydrogens is 334 g/mol. The zero-order valence-electron chi connectivity index (χ0n) is 13.3. The van der Waals surface area contributed by atoms with E-state index in [9.17, 15) is 9.59 Å². The van der Waals surface area contributed by atoms with E-state index in [-0.39, 0.29) is 5.91 Å². The first-order chi connectivity index (χ1) is 12.2. The quantitative estimate of drug-likeness (QED) is 0.699. The van der Waals surface area contributed by atoms with Crippen LogP contribution in [0.15, 0.2) is 54.9 Å². The van der Waals surface area contributed by atoms with Crippen LogP contribution >= 0.6 is 11.3 Å². The second kappa shape index (κ2) is 6.49. The Labute approximate surface area is 148 Å². The van der Waals surface area contributed by atoms with Crippen molar-refractivity contribution in [2.75, 3.05) is 0 Å². The van der Waals surface area contributed by atoms with Gasteiger partial charge in [-0.2, -0.15) is 0 Å². The van der Waals surface area contributed by atoms with Crippen LogP contribution in [0.25, 0.3) is 10.4 Å². The Hall–Kier alpha value is -2.99. The molecule has 1 aromatic carbocycles. The smallest absolute Gasteiger partial charge is 0.267 e. The van der Waals surface area contributed by atoms with Crippen LogP contribution in [0.1, 0.15) is 31.2 Å². The highest BCUT2D eigenvalue weighted by molar-refractivity contribution is 7.17. The van der Waals surface area contributed by atoms with Crippen molar-refractivity contribution in [1.82, 2.24) is 15.8 Å². The molecule has 0 bridgehead atoms. The number of hydrogen-bond acceptors (Lipinski definition) is 4. The second-order valence-electron chi connectivity index (χ2n) is 5.77. The zero-order chi connectivity index (χ0) is 17.2. The number of rotatable bonds is 2. The average Bonchev–Trinajstić information content (AvgIpc) is 3.11. The lowest BCUT2D eigenvalue weighted by Crippen LogP contribution is -2.41. The molecule has 0 radical (unpaired) electrons. The molecule has 0 saturated heterocycles. The molecule has 124 valence electrons. The number of carbonyl (C=O) groups is 2. The summed E-state index contributed by atoms with van der Waals surface area (Å²) < 4.78 is 0. The number of amides is 2. The lowest BCUT2D eigenvalue weighted by atomic mass is 9.91. The number of nitrogens with zero attached hydrogens (tertiary/aromatic N) is 1. The number of aryl methyl sites for hydroxylation is 2. The van der Waals surface area contributed by atoms with E-state index in [2.05, 4.69) is 28.0 Å². The maximum Gasteiger partial charge on any atom is 0.279 e. The van der Waals surface area contributed by atoms with Crippen molar-refractivity contribution >= 4 is 23.2 Å². The minimum Gasteiger partial charge on any atom is -0.267 e. The van der Waals surface area contributed by atoms with Gasteiger partial charge in [0.15, 0.2) is 0 Å². The first-order valence-corrected chi connectivity index (χ1v) is 8.76. The van der Waals surface area contributed by atoms with E-state index in [0.717, 1.165) is 17.7 Å². The van der Waals surface area contributed by atoms with Gasteiger partial charge in [0.2, 0.25) is 0 Å². The summed E-state index contributed by atoms with van der Waals surface area (Å²) in [6.45, 7) is 0. The van der Waals surface area contributed by atoms with Crippen LogP contribution in [0.5, 0.6) is 0 Å². The molecule has 0 atom stereocenters. The molecule has 1 aliphatic carbocycles. The Kier molecular flexibility index (Phi) is 4.03. The maximum atomic E-state index is 12.4. The molecule has 2 N–H and O–H groups in total. The standard InChI is InChI=1S/C19H15N3O2S/c23-18(14-5-3-9-20-11-14)21-22-19(24)16-10-13-8-7-12-4-1-2-6-15(12)17(13)25-16/h1-6,9-11H,7-8H2,(H,21,23)(H,22,24). The van der Waals surface area contributed by atoms with Gasteiger partial charge in [0, 0.05) is 17.3 Å². The molecule has 2 aromatic heterocycles. The molecule has 2 heterocycles. The lowest BCUT2D eigenvalue weighted by Gasteiger charge is -2.15. The van der Waals surface area contributed by atoms with E-state index in [1.807, 2.05) is 18.2 Å². The molecule has 1 aliphatic rings. The van der Waals surface area contributed by atoms with Gasteiger partial charge in [-0.15, -0.1) is 11.3 Å². The molecule has 3 aromatic rings. The molecule has 4 rings (SSSR count). The van der Waals surface area contributed by atoms with Gasteiger partial charge in [-0.3, -0.25) is 25.4 Å². The van der Waals surface area contributed by atoms with Crippen LogP contribution in [0.4, 0.5) is 0 Å².